The van der Waals surface area contributed by atoms with Crippen molar-refractivity contribution in [2.75, 3.05) is 40.9 Å². The number of quaternary nitrogens is 1. The van der Waals surface area contributed by atoms with Gasteiger partial charge in [0.25, 0.3) is 7.82 Å². The summed E-state index contributed by atoms with van der Waals surface area (Å²) < 4.78 is 23.0. The van der Waals surface area contributed by atoms with E-state index in [1.54, 1.807) is 6.08 Å². The molecule has 3 atom stereocenters. The average Bonchev–Trinajstić information content (AvgIpc) is 2.99. The van der Waals surface area contributed by atoms with Gasteiger partial charge >= 0.3 is 0 Å². The molecule has 3 unspecified atom stereocenters. The van der Waals surface area contributed by atoms with Crippen LogP contribution in [0.3, 0.4) is 0 Å². The van der Waals surface area contributed by atoms with Crippen LogP contribution in [0.5, 0.6) is 0 Å². The number of aliphatic hydroxyl groups excluding tert-OH is 1. The minimum atomic E-state index is -4.60. The number of carbonyl (C=O) groups excluding carboxylic acids is 1. The number of unbranched alkanes of at least 4 members (excludes halogenated alkanes) is 12. The van der Waals surface area contributed by atoms with Gasteiger partial charge in [0.05, 0.1) is 39.9 Å². The molecule has 0 saturated heterocycles. The molecule has 0 saturated carbocycles. The number of phosphoric ester groups is 1. The number of amides is 1. The third-order valence-corrected chi connectivity index (χ3v) is 8.49. The minimum Gasteiger partial charge on any atom is -0.756 e. The molecule has 0 aliphatic carbocycles. The molecular weight excluding hydrogens is 599 g/mol. The Kier molecular flexibility index (Phi) is 28.6. The molecule has 0 rings (SSSR count). The van der Waals surface area contributed by atoms with Gasteiger partial charge in [-0.2, -0.15) is 0 Å². The summed E-state index contributed by atoms with van der Waals surface area (Å²) in [5.74, 6) is -0.280. The summed E-state index contributed by atoms with van der Waals surface area (Å²) in [5, 5.41) is 13.6. The van der Waals surface area contributed by atoms with Crippen molar-refractivity contribution in [3.05, 3.63) is 48.6 Å². The van der Waals surface area contributed by atoms with E-state index in [4.69, 9.17) is 9.05 Å². The van der Waals surface area contributed by atoms with Gasteiger partial charge in [-0.15, -0.1) is 0 Å². The summed E-state index contributed by atoms with van der Waals surface area (Å²) in [4.78, 5) is 25.0. The summed E-state index contributed by atoms with van der Waals surface area (Å²) >= 11 is 0. The Labute approximate surface area is 282 Å². The number of allylic oxidation sites excluding steroid dienone is 7. The molecule has 0 aromatic rings. The van der Waals surface area contributed by atoms with Crippen LogP contribution in [0.2, 0.25) is 0 Å². The number of likely N-dealkylation sites (N-methyl/N-ethyl adjacent to an activating group) is 1. The first kappa shape index (κ1) is 44.5. The highest BCUT2D eigenvalue weighted by Crippen LogP contribution is 2.38. The second-order valence-electron chi connectivity index (χ2n) is 13.2. The summed E-state index contributed by atoms with van der Waals surface area (Å²) in [7, 11) is 1.20. The van der Waals surface area contributed by atoms with Gasteiger partial charge in [0.2, 0.25) is 5.91 Å². The number of hydrogen-bond donors (Lipinski definition) is 2. The smallest absolute Gasteiger partial charge is 0.268 e. The third kappa shape index (κ3) is 31.1. The van der Waals surface area contributed by atoms with E-state index in [1.165, 1.54) is 70.6 Å². The van der Waals surface area contributed by atoms with E-state index in [0.717, 1.165) is 32.1 Å². The lowest BCUT2D eigenvalue weighted by Crippen LogP contribution is -2.45. The number of nitrogens with one attached hydrogen (secondary N) is 1. The van der Waals surface area contributed by atoms with Crippen molar-refractivity contribution >= 4 is 13.7 Å². The molecule has 0 aromatic carbocycles. The van der Waals surface area contributed by atoms with Gasteiger partial charge in [-0.1, -0.05) is 120 Å². The zero-order valence-electron chi connectivity index (χ0n) is 30.0. The van der Waals surface area contributed by atoms with Crippen LogP contribution in [0.25, 0.3) is 0 Å². The van der Waals surface area contributed by atoms with Gasteiger partial charge in [-0.3, -0.25) is 9.36 Å². The Morgan fingerprint density at radius 1 is 0.761 bits per heavy atom. The topological polar surface area (TPSA) is 108 Å². The van der Waals surface area contributed by atoms with E-state index in [1.807, 2.05) is 39.4 Å². The van der Waals surface area contributed by atoms with Crippen molar-refractivity contribution in [2.45, 2.75) is 142 Å². The van der Waals surface area contributed by atoms with E-state index in [2.05, 4.69) is 43.5 Å². The molecule has 0 bridgehead atoms. The van der Waals surface area contributed by atoms with Gasteiger partial charge in [-0.25, -0.2) is 0 Å². The molecule has 0 aromatic heterocycles. The summed E-state index contributed by atoms with van der Waals surface area (Å²) in [5.41, 5.74) is 0. The van der Waals surface area contributed by atoms with E-state index in [9.17, 15) is 19.4 Å². The predicted molar refractivity (Wildman–Crippen MR) is 191 cm³/mol. The lowest BCUT2D eigenvalue weighted by atomic mass is 10.1. The van der Waals surface area contributed by atoms with E-state index < -0.39 is 26.6 Å². The SMILES string of the molecule is CCCCCCC/C=C/CC/C=C/C(O)C(COP(=O)([O-])OCC[N+](C)(C)C)NC(=O)CC/C=C\C/C=C\CCCCCCCC. The van der Waals surface area contributed by atoms with Crippen LogP contribution >= 0.6 is 7.82 Å². The van der Waals surface area contributed by atoms with Gasteiger partial charge in [0, 0.05) is 6.42 Å². The Balaban J connectivity index is 4.74. The highest BCUT2D eigenvalue weighted by Gasteiger charge is 2.23. The molecular formula is C37H69N2O6P. The maximum absolute atomic E-state index is 12.7. The molecule has 268 valence electrons. The van der Waals surface area contributed by atoms with Crippen LogP contribution in [0.4, 0.5) is 0 Å². The van der Waals surface area contributed by atoms with Crippen molar-refractivity contribution in [1.29, 1.82) is 0 Å². The second kappa shape index (κ2) is 29.6. The van der Waals surface area contributed by atoms with Crippen molar-refractivity contribution in [1.82, 2.24) is 5.32 Å². The monoisotopic (exact) mass is 668 g/mol. The first-order chi connectivity index (χ1) is 22.0. The number of nitrogens with zero attached hydrogens (tertiary/aromatic N) is 1. The third-order valence-electron chi connectivity index (χ3n) is 7.52. The molecule has 1 amide bonds. The number of aliphatic hydroxyl groups is 1. The van der Waals surface area contributed by atoms with E-state index >= 15 is 0 Å². The summed E-state index contributed by atoms with van der Waals surface area (Å²) in [6.07, 6.45) is 34.6. The predicted octanol–water partition coefficient (Wildman–Crippen LogP) is 8.33. The molecule has 0 aliphatic heterocycles. The van der Waals surface area contributed by atoms with E-state index in [0.29, 0.717) is 17.4 Å². The molecule has 0 spiro atoms. The standard InChI is InChI=1S/C37H69N2O6P/c1-6-8-10-12-14-16-18-19-21-23-25-27-29-31-37(41)38-35(34-45-46(42,43)44-33-32-39(3,4)5)36(40)30-28-26-24-22-20-17-15-13-11-9-7-2/h19-22,25,27-28,30,35-36,40H,6-18,23-24,26,29,31-34H2,1-5H3,(H-,38,41,42,43)/b21-19-,22-20+,27-25-,30-28+. The molecule has 9 heteroatoms. The Morgan fingerprint density at radius 3 is 1.89 bits per heavy atom. The van der Waals surface area contributed by atoms with Crippen molar-refractivity contribution in [3.8, 4) is 0 Å². The molecule has 0 fully saturated rings. The Morgan fingerprint density at radius 2 is 1.28 bits per heavy atom. The maximum Gasteiger partial charge on any atom is 0.268 e. The zero-order chi connectivity index (χ0) is 34.4. The largest absolute Gasteiger partial charge is 0.756 e. The van der Waals surface area contributed by atoms with Crippen LogP contribution < -0.4 is 10.2 Å². The molecule has 8 nitrogen and oxygen atoms in total. The molecule has 0 heterocycles. The Bertz CT molecular complexity index is 897. The number of rotatable bonds is 31. The Hall–Kier alpha value is -1.54. The van der Waals surface area contributed by atoms with Crippen molar-refractivity contribution < 1.29 is 32.9 Å². The fourth-order valence-corrected chi connectivity index (χ4v) is 5.29. The molecule has 2 N–H and O–H groups in total. The lowest BCUT2D eigenvalue weighted by molar-refractivity contribution is -0.870. The van der Waals surface area contributed by atoms with Crippen molar-refractivity contribution in [2.24, 2.45) is 0 Å². The van der Waals surface area contributed by atoms with E-state index in [-0.39, 0.29) is 18.9 Å². The number of phosphoric acid groups is 1. The normalized spacial score (nSPS) is 15.4. The fourth-order valence-electron chi connectivity index (χ4n) is 4.57. The van der Waals surface area contributed by atoms with Crippen LogP contribution in [0.1, 0.15) is 129 Å². The number of carbonyl (C=O) groups is 1. The molecule has 0 radical (unpaired) electrons. The first-order valence-corrected chi connectivity index (χ1v) is 19.5. The molecule has 0 aliphatic rings. The molecule has 46 heavy (non-hydrogen) atoms. The minimum absolute atomic E-state index is 0.0173. The lowest BCUT2D eigenvalue weighted by Gasteiger charge is -2.29. The zero-order valence-corrected chi connectivity index (χ0v) is 30.9. The number of hydrogen-bond acceptors (Lipinski definition) is 6. The van der Waals surface area contributed by atoms with Gasteiger partial charge in [0.15, 0.2) is 0 Å². The average molecular weight is 669 g/mol. The fraction of sp³-hybridized carbons (Fsp3) is 0.757. The first-order valence-electron chi connectivity index (χ1n) is 18.0. The van der Waals surface area contributed by atoms with Crippen LogP contribution in [-0.2, 0) is 18.4 Å². The van der Waals surface area contributed by atoms with Gasteiger partial charge in [0.1, 0.15) is 13.2 Å². The van der Waals surface area contributed by atoms with Gasteiger partial charge < -0.3 is 28.8 Å². The highest BCUT2D eigenvalue weighted by molar-refractivity contribution is 7.45. The summed E-state index contributed by atoms with van der Waals surface area (Å²) in [6.45, 7) is 4.50. The van der Waals surface area contributed by atoms with Crippen LogP contribution in [0, 0.1) is 0 Å². The quantitative estimate of drug-likeness (QED) is 0.0333. The second-order valence-corrected chi connectivity index (χ2v) is 14.6. The van der Waals surface area contributed by atoms with Crippen molar-refractivity contribution in [3.63, 3.8) is 0 Å². The maximum atomic E-state index is 12.7. The highest BCUT2D eigenvalue weighted by atomic mass is 31.2. The summed E-state index contributed by atoms with van der Waals surface area (Å²) in [6, 6.07) is -0.930. The van der Waals surface area contributed by atoms with Gasteiger partial charge in [-0.05, 0) is 51.4 Å². The van der Waals surface area contributed by atoms with Crippen LogP contribution in [0.15, 0.2) is 48.6 Å². The van der Waals surface area contributed by atoms with Crippen LogP contribution in [-0.4, -0.2) is 68.5 Å².